The first-order valence-electron chi connectivity index (χ1n) is 8.57. The van der Waals surface area contributed by atoms with Gasteiger partial charge in [0.2, 0.25) is 0 Å². The number of halogens is 2. The van der Waals surface area contributed by atoms with E-state index in [1.54, 1.807) is 18.2 Å². The maximum atomic E-state index is 12.3. The van der Waals surface area contributed by atoms with E-state index in [9.17, 15) is 14.7 Å². The lowest BCUT2D eigenvalue weighted by atomic mass is 10.1. The topological polar surface area (TPSA) is 91.9 Å². The van der Waals surface area contributed by atoms with Gasteiger partial charge in [0.1, 0.15) is 11.5 Å². The van der Waals surface area contributed by atoms with Crippen molar-refractivity contribution in [3.63, 3.8) is 0 Å². The molecule has 1 fully saturated rings. The highest BCUT2D eigenvalue weighted by Gasteiger charge is 2.24. The average Bonchev–Trinajstić information content (AvgIpc) is 3.31. The van der Waals surface area contributed by atoms with E-state index >= 15 is 0 Å². The van der Waals surface area contributed by atoms with Gasteiger partial charge in [0.15, 0.2) is 5.17 Å². The van der Waals surface area contributed by atoms with Gasteiger partial charge in [-0.25, -0.2) is 9.79 Å². The van der Waals surface area contributed by atoms with E-state index in [1.807, 2.05) is 24.3 Å². The summed E-state index contributed by atoms with van der Waals surface area (Å²) in [6, 6.07) is 15.1. The van der Waals surface area contributed by atoms with Crippen LogP contribution in [0.3, 0.4) is 0 Å². The van der Waals surface area contributed by atoms with Crippen LogP contribution in [0.15, 0.2) is 73.4 Å². The third-order valence-corrected chi connectivity index (χ3v) is 5.86. The minimum Gasteiger partial charge on any atom is -0.478 e. The Morgan fingerprint density at radius 1 is 1.17 bits per heavy atom. The second-order valence-corrected chi connectivity index (χ2v) is 8.51. The van der Waals surface area contributed by atoms with Crippen LogP contribution in [0, 0.1) is 0 Å². The fourth-order valence-electron chi connectivity index (χ4n) is 2.66. The van der Waals surface area contributed by atoms with E-state index in [2.05, 4.69) is 26.2 Å². The van der Waals surface area contributed by atoms with Crippen LogP contribution < -0.4 is 5.32 Å². The molecule has 2 heterocycles. The number of aliphatic imine (C=N–C) groups is 1. The van der Waals surface area contributed by atoms with Crippen LogP contribution in [0.1, 0.15) is 16.1 Å². The SMILES string of the molecule is O=C1NC(=Nc2ccc(Br)cc2)S/C1=C\c1ccc(-c2cc(C(=O)O)ccc2Cl)o1. The number of amides is 1. The lowest BCUT2D eigenvalue weighted by Gasteiger charge is -2.02. The monoisotopic (exact) mass is 502 g/mol. The fraction of sp³-hybridized carbons (Fsp3) is 0. The normalized spacial score (nSPS) is 16.3. The number of hydrogen-bond donors (Lipinski definition) is 2. The molecule has 0 saturated carbocycles. The largest absolute Gasteiger partial charge is 0.478 e. The molecule has 1 amide bonds. The summed E-state index contributed by atoms with van der Waals surface area (Å²) in [5.41, 5.74) is 1.28. The van der Waals surface area contributed by atoms with Crippen molar-refractivity contribution in [2.45, 2.75) is 0 Å². The molecule has 2 aromatic carbocycles. The molecule has 0 radical (unpaired) electrons. The molecule has 0 spiro atoms. The van der Waals surface area contributed by atoms with E-state index < -0.39 is 5.97 Å². The number of nitrogens with one attached hydrogen (secondary N) is 1. The number of hydrogen-bond acceptors (Lipinski definition) is 5. The van der Waals surface area contributed by atoms with Gasteiger partial charge in [-0.2, -0.15) is 0 Å². The van der Waals surface area contributed by atoms with Crippen LogP contribution in [0.2, 0.25) is 5.02 Å². The van der Waals surface area contributed by atoms with Crippen LogP contribution in [0.5, 0.6) is 0 Å². The van der Waals surface area contributed by atoms with E-state index in [0.717, 1.165) is 10.2 Å². The summed E-state index contributed by atoms with van der Waals surface area (Å²) in [6.45, 7) is 0. The van der Waals surface area contributed by atoms with Gasteiger partial charge in [-0.1, -0.05) is 27.5 Å². The number of amidine groups is 1. The summed E-state index contributed by atoms with van der Waals surface area (Å²) >= 11 is 10.8. The van der Waals surface area contributed by atoms with Gasteiger partial charge < -0.3 is 14.8 Å². The maximum absolute atomic E-state index is 12.3. The molecule has 3 aromatic rings. The highest BCUT2D eigenvalue weighted by molar-refractivity contribution is 9.10. The van der Waals surface area contributed by atoms with Crippen LogP contribution in [0.4, 0.5) is 5.69 Å². The predicted octanol–water partition coefficient (Wildman–Crippen LogP) is 5.95. The molecule has 1 aromatic heterocycles. The number of carbonyl (C=O) groups is 2. The second kappa shape index (κ2) is 8.51. The molecule has 1 aliphatic heterocycles. The van der Waals surface area contributed by atoms with Crippen molar-refractivity contribution in [3.05, 3.63) is 80.3 Å². The summed E-state index contributed by atoms with van der Waals surface area (Å²) in [6.07, 6.45) is 1.60. The highest BCUT2D eigenvalue weighted by atomic mass is 79.9. The van der Waals surface area contributed by atoms with Gasteiger partial charge in [0, 0.05) is 16.1 Å². The smallest absolute Gasteiger partial charge is 0.335 e. The Kier molecular flexibility index (Phi) is 5.80. The van der Waals surface area contributed by atoms with Crippen molar-refractivity contribution < 1.29 is 19.1 Å². The number of carboxylic acids is 1. The van der Waals surface area contributed by atoms with Gasteiger partial charge in [0.05, 0.1) is 21.2 Å². The third-order valence-electron chi connectivity index (χ3n) is 4.09. The minimum absolute atomic E-state index is 0.102. The van der Waals surface area contributed by atoms with Crippen molar-refractivity contribution in [1.29, 1.82) is 0 Å². The van der Waals surface area contributed by atoms with Gasteiger partial charge in [-0.05, 0) is 66.4 Å². The van der Waals surface area contributed by atoms with E-state index in [4.69, 9.17) is 16.0 Å². The standard InChI is InChI=1S/C21H12BrClN2O4S/c22-12-2-4-13(5-3-12)24-21-25-19(26)18(30-21)10-14-6-8-17(29-14)15-9-11(20(27)28)1-7-16(15)23/h1-10H,(H,27,28)(H,24,25,26)/b18-10-. The average molecular weight is 504 g/mol. The van der Waals surface area contributed by atoms with Crippen molar-refractivity contribution >= 4 is 68.1 Å². The number of carbonyl (C=O) groups excluding carboxylic acids is 1. The van der Waals surface area contributed by atoms with Gasteiger partial charge >= 0.3 is 5.97 Å². The van der Waals surface area contributed by atoms with E-state index in [0.29, 0.717) is 32.2 Å². The molecule has 0 atom stereocenters. The molecule has 150 valence electrons. The zero-order chi connectivity index (χ0) is 21.3. The molecule has 9 heteroatoms. The predicted molar refractivity (Wildman–Crippen MR) is 121 cm³/mol. The Morgan fingerprint density at radius 2 is 1.93 bits per heavy atom. The number of furan rings is 1. The molecule has 0 aliphatic carbocycles. The van der Waals surface area contributed by atoms with Gasteiger partial charge in [0.25, 0.3) is 5.91 Å². The first-order valence-corrected chi connectivity index (χ1v) is 10.6. The summed E-state index contributed by atoms with van der Waals surface area (Å²) in [7, 11) is 0. The fourth-order valence-corrected chi connectivity index (χ4v) is 3.96. The Bertz CT molecular complexity index is 1220. The Labute approximate surface area is 188 Å². The minimum atomic E-state index is -1.06. The Hall–Kier alpha value is -2.81. The number of carboxylic acid groups (broad SMARTS) is 1. The third kappa shape index (κ3) is 4.51. The zero-order valence-corrected chi connectivity index (χ0v) is 18.2. The summed E-state index contributed by atoms with van der Waals surface area (Å²) in [4.78, 5) is 28.3. The highest BCUT2D eigenvalue weighted by Crippen LogP contribution is 2.33. The summed E-state index contributed by atoms with van der Waals surface area (Å²) in [5.74, 6) is -0.496. The molecule has 2 N–H and O–H groups in total. The van der Waals surface area contributed by atoms with Gasteiger partial charge in [-0.3, -0.25) is 4.79 Å². The number of benzene rings is 2. The van der Waals surface area contributed by atoms with Crippen molar-refractivity contribution in [2.24, 2.45) is 4.99 Å². The molecule has 0 unspecified atom stereocenters. The van der Waals surface area contributed by atoms with Gasteiger partial charge in [-0.15, -0.1) is 0 Å². The molecular formula is C21H12BrClN2O4S. The Balaban J connectivity index is 1.57. The van der Waals surface area contributed by atoms with Crippen LogP contribution in [-0.2, 0) is 4.79 Å². The van der Waals surface area contributed by atoms with Crippen molar-refractivity contribution in [2.75, 3.05) is 0 Å². The summed E-state index contributed by atoms with van der Waals surface area (Å²) < 4.78 is 6.71. The lowest BCUT2D eigenvalue weighted by Crippen LogP contribution is -2.19. The molecule has 30 heavy (non-hydrogen) atoms. The molecule has 1 saturated heterocycles. The lowest BCUT2D eigenvalue weighted by molar-refractivity contribution is -0.115. The van der Waals surface area contributed by atoms with Crippen LogP contribution in [-0.4, -0.2) is 22.2 Å². The number of nitrogens with zero attached hydrogens (tertiary/aromatic N) is 1. The number of thioether (sulfide) groups is 1. The first kappa shape index (κ1) is 20.5. The van der Waals surface area contributed by atoms with Crippen molar-refractivity contribution in [3.8, 4) is 11.3 Å². The van der Waals surface area contributed by atoms with E-state index in [-0.39, 0.29) is 11.5 Å². The van der Waals surface area contributed by atoms with Crippen LogP contribution in [0.25, 0.3) is 17.4 Å². The zero-order valence-electron chi connectivity index (χ0n) is 15.1. The molecule has 4 rings (SSSR count). The van der Waals surface area contributed by atoms with E-state index in [1.165, 1.54) is 30.0 Å². The molecule has 6 nitrogen and oxygen atoms in total. The summed E-state index contributed by atoms with van der Waals surface area (Å²) in [5, 5.41) is 12.7. The molecular weight excluding hydrogens is 492 g/mol. The molecule has 1 aliphatic rings. The number of aromatic carboxylic acids is 1. The number of rotatable bonds is 4. The van der Waals surface area contributed by atoms with Crippen LogP contribution >= 0.6 is 39.3 Å². The maximum Gasteiger partial charge on any atom is 0.335 e. The van der Waals surface area contributed by atoms with Crippen molar-refractivity contribution in [1.82, 2.24) is 5.32 Å². The quantitative estimate of drug-likeness (QED) is 0.429. The Morgan fingerprint density at radius 3 is 2.67 bits per heavy atom. The first-order chi connectivity index (χ1) is 14.4. The second-order valence-electron chi connectivity index (χ2n) is 6.16. The molecule has 0 bridgehead atoms.